The Morgan fingerprint density at radius 1 is 1.62 bits per heavy atom. The Labute approximate surface area is 98.6 Å². The molecule has 4 nitrogen and oxygen atoms in total. The van der Waals surface area contributed by atoms with Crippen LogP contribution in [-0.2, 0) is 6.54 Å². The highest BCUT2D eigenvalue weighted by Crippen LogP contribution is 2.33. The molecule has 3 N–H and O–H groups in total. The highest BCUT2D eigenvalue weighted by atomic mass is 35.5. The molecular weight excluding hydrogens is 228 g/mol. The van der Waals surface area contributed by atoms with Gasteiger partial charge in [0, 0.05) is 17.8 Å². The Balaban J connectivity index is 2.46. The summed E-state index contributed by atoms with van der Waals surface area (Å²) in [6, 6.07) is 3.10. The molecule has 0 unspecified atom stereocenters. The number of nitrogens with zero attached hydrogens (tertiary/aromatic N) is 1. The second-order valence-electron chi connectivity index (χ2n) is 3.95. The van der Waals surface area contributed by atoms with Crippen molar-refractivity contribution in [1.29, 1.82) is 0 Å². The van der Waals surface area contributed by atoms with E-state index in [9.17, 15) is 4.79 Å². The SMILES string of the molecule is C[C@H](CO)N1Cc2c(N)ccc(Cl)c2C1=O. The molecule has 16 heavy (non-hydrogen) atoms. The molecule has 0 aliphatic carbocycles. The fourth-order valence-electron chi connectivity index (χ4n) is 1.88. The maximum absolute atomic E-state index is 12.0. The molecule has 0 saturated heterocycles. The number of fused-ring (bicyclic) bond motifs is 1. The van der Waals surface area contributed by atoms with E-state index in [2.05, 4.69) is 0 Å². The lowest BCUT2D eigenvalue weighted by Crippen LogP contribution is -2.35. The van der Waals surface area contributed by atoms with Gasteiger partial charge in [-0.05, 0) is 19.1 Å². The van der Waals surface area contributed by atoms with Gasteiger partial charge in [-0.3, -0.25) is 4.79 Å². The molecule has 1 aliphatic rings. The highest BCUT2D eigenvalue weighted by molar-refractivity contribution is 6.34. The predicted octanol–water partition coefficient (Wildman–Crippen LogP) is 1.26. The van der Waals surface area contributed by atoms with E-state index in [4.69, 9.17) is 22.4 Å². The minimum atomic E-state index is -0.227. The lowest BCUT2D eigenvalue weighted by atomic mass is 10.1. The molecule has 1 atom stereocenters. The van der Waals surface area contributed by atoms with E-state index in [1.165, 1.54) is 0 Å². The summed E-state index contributed by atoms with van der Waals surface area (Å²) in [4.78, 5) is 13.6. The zero-order valence-electron chi connectivity index (χ0n) is 8.90. The standard InChI is InChI=1S/C11H13ClN2O2/c1-6(5-15)14-4-7-9(13)3-2-8(12)10(7)11(14)16/h2-3,6,15H,4-5,13H2,1H3/t6-/m1/s1. The molecular formula is C11H13ClN2O2. The number of anilines is 1. The maximum Gasteiger partial charge on any atom is 0.256 e. The van der Waals surface area contributed by atoms with Crippen LogP contribution in [0.3, 0.4) is 0 Å². The van der Waals surface area contributed by atoms with E-state index >= 15 is 0 Å². The van der Waals surface area contributed by atoms with Crippen molar-refractivity contribution in [1.82, 2.24) is 4.90 Å². The first-order chi connectivity index (χ1) is 7.56. The topological polar surface area (TPSA) is 66.6 Å². The first-order valence-electron chi connectivity index (χ1n) is 5.05. The second kappa shape index (κ2) is 3.96. The number of benzene rings is 1. The third-order valence-corrected chi connectivity index (χ3v) is 3.21. The molecule has 0 aromatic heterocycles. The quantitative estimate of drug-likeness (QED) is 0.765. The van der Waals surface area contributed by atoms with Gasteiger partial charge < -0.3 is 15.7 Å². The van der Waals surface area contributed by atoms with Crippen LogP contribution in [-0.4, -0.2) is 28.6 Å². The van der Waals surface area contributed by atoms with Gasteiger partial charge in [0.15, 0.2) is 0 Å². The average Bonchev–Trinajstić information content (AvgIpc) is 2.62. The number of nitrogen functional groups attached to an aromatic ring is 1. The molecule has 2 rings (SSSR count). The summed E-state index contributed by atoms with van der Waals surface area (Å²) in [5, 5.41) is 9.49. The fourth-order valence-corrected chi connectivity index (χ4v) is 2.14. The Morgan fingerprint density at radius 3 is 2.88 bits per heavy atom. The zero-order valence-corrected chi connectivity index (χ0v) is 9.66. The van der Waals surface area contributed by atoms with Crippen molar-refractivity contribution in [3.63, 3.8) is 0 Å². The van der Waals surface area contributed by atoms with Crippen molar-refractivity contribution < 1.29 is 9.90 Å². The smallest absolute Gasteiger partial charge is 0.256 e. The van der Waals surface area contributed by atoms with Gasteiger partial charge in [0.25, 0.3) is 5.91 Å². The van der Waals surface area contributed by atoms with Crippen LogP contribution in [0.4, 0.5) is 5.69 Å². The van der Waals surface area contributed by atoms with Crippen LogP contribution in [0.25, 0.3) is 0 Å². The maximum atomic E-state index is 12.0. The second-order valence-corrected chi connectivity index (χ2v) is 4.36. The number of hydrogen-bond donors (Lipinski definition) is 2. The Hall–Kier alpha value is -1.26. The summed E-state index contributed by atoms with van der Waals surface area (Å²) in [7, 11) is 0. The van der Waals surface area contributed by atoms with Crippen LogP contribution in [0.5, 0.6) is 0 Å². The average molecular weight is 241 g/mol. The van der Waals surface area contributed by atoms with Crippen LogP contribution in [0.15, 0.2) is 12.1 Å². The lowest BCUT2D eigenvalue weighted by Gasteiger charge is -2.22. The zero-order chi connectivity index (χ0) is 11.9. The first-order valence-corrected chi connectivity index (χ1v) is 5.42. The normalized spacial score (nSPS) is 16.4. The number of nitrogens with two attached hydrogens (primary N) is 1. The third kappa shape index (κ3) is 1.54. The summed E-state index contributed by atoms with van der Waals surface area (Å²) < 4.78 is 0. The van der Waals surface area contributed by atoms with Gasteiger partial charge in [0.1, 0.15) is 0 Å². The summed E-state index contributed by atoms with van der Waals surface area (Å²) in [6.45, 7) is 2.13. The van der Waals surface area contributed by atoms with Gasteiger partial charge in [0.2, 0.25) is 0 Å². The number of aliphatic hydroxyl groups is 1. The van der Waals surface area contributed by atoms with Crippen molar-refractivity contribution in [3.8, 4) is 0 Å². The molecule has 1 aromatic carbocycles. The van der Waals surface area contributed by atoms with Gasteiger partial charge in [-0.25, -0.2) is 0 Å². The van der Waals surface area contributed by atoms with Crippen molar-refractivity contribution in [2.24, 2.45) is 0 Å². The van der Waals surface area contributed by atoms with Gasteiger partial charge >= 0.3 is 0 Å². The van der Waals surface area contributed by atoms with Crippen molar-refractivity contribution in [2.45, 2.75) is 19.5 Å². The predicted molar refractivity (Wildman–Crippen MR) is 62.3 cm³/mol. The third-order valence-electron chi connectivity index (χ3n) is 2.90. The molecule has 0 spiro atoms. The van der Waals surface area contributed by atoms with E-state index in [0.717, 1.165) is 5.56 Å². The minimum absolute atomic E-state index is 0.0722. The number of halogens is 1. The van der Waals surface area contributed by atoms with Crippen molar-refractivity contribution in [3.05, 3.63) is 28.3 Å². The van der Waals surface area contributed by atoms with E-state index < -0.39 is 0 Å². The number of carbonyl (C=O) groups excluding carboxylic acids is 1. The minimum Gasteiger partial charge on any atom is -0.398 e. The molecule has 1 aromatic rings. The number of hydrogen-bond acceptors (Lipinski definition) is 3. The van der Waals surface area contributed by atoms with E-state index in [1.54, 1.807) is 24.0 Å². The van der Waals surface area contributed by atoms with E-state index in [0.29, 0.717) is 22.8 Å². The van der Waals surface area contributed by atoms with Crippen molar-refractivity contribution >= 4 is 23.2 Å². The summed E-state index contributed by atoms with van der Waals surface area (Å²) in [5.74, 6) is -0.158. The lowest BCUT2D eigenvalue weighted by molar-refractivity contribution is 0.0644. The van der Waals surface area contributed by atoms with Crippen LogP contribution < -0.4 is 5.73 Å². The largest absolute Gasteiger partial charge is 0.398 e. The van der Waals surface area contributed by atoms with E-state index in [1.807, 2.05) is 0 Å². The van der Waals surface area contributed by atoms with Gasteiger partial charge in [-0.1, -0.05) is 11.6 Å². The number of rotatable bonds is 2. The van der Waals surface area contributed by atoms with Crippen LogP contribution in [0.1, 0.15) is 22.8 Å². The Bertz CT molecular complexity index is 448. The molecule has 0 radical (unpaired) electrons. The van der Waals surface area contributed by atoms with Gasteiger partial charge in [-0.2, -0.15) is 0 Å². The molecule has 0 bridgehead atoms. The number of carbonyl (C=O) groups is 1. The molecule has 0 fully saturated rings. The van der Waals surface area contributed by atoms with Crippen LogP contribution >= 0.6 is 11.6 Å². The molecule has 5 heteroatoms. The summed E-state index contributed by atoms with van der Waals surface area (Å²) >= 11 is 5.98. The Morgan fingerprint density at radius 2 is 2.31 bits per heavy atom. The van der Waals surface area contributed by atoms with Crippen LogP contribution in [0.2, 0.25) is 5.02 Å². The Kier molecular flexibility index (Phi) is 2.78. The molecule has 1 aliphatic heterocycles. The van der Waals surface area contributed by atoms with E-state index in [-0.39, 0.29) is 18.6 Å². The first kappa shape index (κ1) is 11.2. The van der Waals surface area contributed by atoms with Crippen molar-refractivity contribution in [2.75, 3.05) is 12.3 Å². The summed E-state index contributed by atoms with van der Waals surface area (Å²) in [5.41, 5.74) is 7.61. The molecule has 86 valence electrons. The number of amides is 1. The number of aliphatic hydroxyl groups excluding tert-OH is 1. The molecule has 1 heterocycles. The van der Waals surface area contributed by atoms with Gasteiger partial charge in [-0.15, -0.1) is 0 Å². The summed E-state index contributed by atoms with van der Waals surface area (Å²) in [6.07, 6.45) is 0. The van der Waals surface area contributed by atoms with Crippen LogP contribution in [0, 0.1) is 0 Å². The van der Waals surface area contributed by atoms with Gasteiger partial charge in [0.05, 0.1) is 23.2 Å². The highest BCUT2D eigenvalue weighted by Gasteiger charge is 2.33. The molecule has 1 amide bonds. The fraction of sp³-hybridized carbons (Fsp3) is 0.364. The molecule has 0 saturated carbocycles. The monoisotopic (exact) mass is 240 g/mol.